The molecule has 0 saturated carbocycles. The summed E-state index contributed by atoms with van der Waals surface area (Å²) in [5, 5.41) is 33.4. The maximum atomic E-state index is 11.9. The lowest BCUT2D eigenvalue weighted by Crippen LogP contribution is -2.19. The summed E-state index contributed by atoms with van der Waals surface area (Å²) >= 11 is 0. The molecule has 2 aromatic carbocycles. The maximum absolute atomic E-state index is 11.9. The van der Waals surface area contributed by atoms with Crippen molar-refractivity contribution in [3.8, 4) is 11.5 Å². The highest BCUT2D eigenvalue weighted by Crippen LogP contribution is 2.23. The van der Waals surface area contributed by atoms with E-state index in [4.69, 9.17) is 0 Å². The Bertz CT molecular complexity index is 784. The van der Waals surface area contributed by atoms with Gasteiger partial charge in [-0.1, -0.05) is 0 Å². The van der Waals surface area contributed by atoms with Gasteiger partial charge in [0.15, 0.2) is 0 Å². The van der Waals surface area contributed by atoms with Crippen molar-refractivity contribution in [3.05, 3.63) is 63.7 Å². The van der Waals surface area contributed by atoms with Crippen LogP contribution in [0.4, 0.5) is 5.69 Å². The zero-order valence-electron chi connectivity index (χ0n) is 12.1. The molecule has 0 aromatic heterocycles. The molecule has 0 radical (unpaired) electrons. The zero-order chi connectivity index (χ0) is 17.0. The van der Waals surface area contributed by atoms with Crippen LogP contribution in [0.25, 0.3) is 0 Å². The molecule has 0 aliphatic rings. The molecule has 8 heteroatoms. The largest absolute Gasteiger partial charge is 0.508 e. The minimum Gasteiger partial charge on any atom is -0.508 e. The summed E-state index contributed by atoms with van der Waals surface area (Å²) in [5.74, 6) is -0.803. The second kappa shape index (κ2) is 6.56. The van der Waals surface area contributed by atoms with E-state index in [0.29, 0.717) is 11.3 Å². The highest BCUT2D eigenvalue weighted by Gasteiger charge is 2.10. The number of benzene rings is 2. The zero-order valence-corrected chi connectivity index (χ0v) is 12.1. The number of nitro groups is 1. The third kappa shape index (κ3) is 3.82. The molecule has 0 heterocycles. The lowest BCUT2D eigenvalue weighted by Gasteiger charge is -2.05. The second-order valence-electron chi connectivity index (χ2n) is 4.64. The maximum Gasteiger partial charge on any atom is 0.271 e. The van der Waals surface area contributed by atoms with E-state index in [1.165, 1.54) is 36.4 Å². The summed E-state index contributed by atoms with van der Waals surface area (Å²) in [4.78, 5) is 21.9. The van der Waals surface area contributed by atoms with Gasteiger partial charge >= 0.3 is 0 Å². The van der Waals surface area contributed by atoms with Crippen LogP contribution in [0.5, 0.6) is 11.5 Å². The second-order valence-corrected chi connectivity index (χ2v) is 4.64. The summed E-state index contributed by atoms with van der Waals surface area (Å²) in [6.07, 6.45) is 0. The molecule has 0 atom stereocenters. The SMILES string of the molecule is C/C(=N\NC(=O)c1ccc([N+](=O)[O-])cc1)c1ccc(O)cc1O. The van der Waals surface area contributed by atoms with Crippen LogP contribution < -0.4 is 5.43 Å². The van der Waals surface area contributed by atoms with E-state index in [0.717, 1.165) is 6.07 Å². The van der Waals surface area contributed by atoms with Crippen LogP contribution in [-0.4, -0.2) is 26.8 Å². The first-order chi connectivity index (χ1) is 10.9. The number of carbonyl (C=O) groups excluding carboxylic acids is 1. The Kier molecular flexibility index (Phi) is 4.55. The number of hydrazone groups is 1. The fourth-order valence-corrected chi connectivity index (χ4v) is 1.82. The van der Waals surface area contributed by atoms with E-state index in [1.54, 1.807) is 6.92 Å². The number of phenols is 2. The number of nitrogens with one attached hydrogen (secondary N) is 1. The van der Waals surface area contributed by atoms with Crippen molar-refractivity contribution in [2.45, 2.75) is 6.92 Å². The molecule has 0 fully saturated rings. The van der Waals surface area contributed by atoms with Gasteiger partial charge in [0, 0.05) is 29.3 Å². The van der Waals surface area contributed by atoms with Gasteiger partial charge in [0.1, 0.15) is 11.5 Å². The minimum absolute atomic E-state index is 0.0889. The Morgan fingerprint density at radius 1 is 1.17 bits per heavy atom. The molecular weight excluding hydrogens is 302 g/mol. The Labute approximate surface area is 130 Å². The van der Waals surface area contributed by atoms with Gasteiger partial charge in [0.25, 0.3) is 11.6 Å². The van der Waals surface area contributed by atoms with E-state index in [1.807, 2.05) is 0 Å². The van der Waals surface area contributed by atoms with Crippen molar-refractivity contribution >= 4 is 17.3 Å². The van der Waals surface area contributed by atoms with Gasteiger partial charge in [-0.3, -0.25) is 14.9 Å². The Hall–Kier alpha value is -3.42. The van der Waals surface area contributed by atoms with E-state index in [2.05, 4.69) is 10.5 Å². The van der Waals surface area contributed by atoms with Gasteiger partial charge in [-0.05, 0) is 31.2 Å². The first-order valence-corrected chi connectivity index (χ1v) is 6.50. The molecule has 23 heavy (non-hydrogen) atoms. The minimum atomic E-state index is -0.558. The Balaban J connectivity index is 2.12. The molecule has 1 amide bonds. The highest BCUT2D eigenvalue weighted by molar-refractivity contribution is 6.02. The number of hydrogen-bond acceptors (Lipinski definition) is 6. The average Bonchev–Trinajstić information content (AvgIpc) is 2.52. The van der Waals surface area contributed by atoms with E-state index >= 15 is 0 Å². The van der Waals surface area contributed by atoms with Crippen molar-refractivity contribution in [2.75, 3.05) is 0 Å². The summed E-state index contributed by atoms with van der Waals surface area (Å²) in [6.45, 7) is 1.57. The normalized spacial score (nSPS) is 11.1. The number of non-ortho nitro benzene ring substituents is 1. The number of amides is 1. The fraction of sp³-hybridized carbons (Fsp3) is 0.0667. The van der Waals surface area contributed by atoms with Gasteiger partial charge in [0.05, 0.1) is 10.6 Å². The lowest BCUT2D eigenvalue weighted by atomic mass is 10.1. The monoisotopic (exact) mass is 315 g/mol. The van der Waals surface area contributed by atoms with Crippen LogP contribution >= 0.6 is 0 Å². The quantitative estimate of drug-likeness (QED) is 0.453. The number of aromatic hydroxyl groups is 2. The topological polar surface area (TPSA) is 125 Å². The smallest absolute Gasteiger partial charge is 0.271 e. The van der Waals surface area contributed by atoms with Crippen LogP contribution in [0.2, 0.25) is 0 Å². The predicted octanol–water partition coefficient (Wildman–Crippen LogP) is 2.16. The van der Waals surface area contributed by atoms with Crippen molar-refractivity contribution in [3.63, 3.8) is 0 Å². The van der Waals surface area contributed by atoms with Crippen LogP contribution in [0.15, 0.2) is 47.6 Å². The van der Waals surface area contributed by atoms with Gasteiger partial charge in [-0.25, -0.2) is 5.43 Å². The highest BCUT2D eigenvalue weighted by atomic mass is 16.6. The third-order valence-corrected chi connectivity index (χ3v) is 3.04. The van der Waals surface area contributed by atoms with E-state index in [9.17, 15) is 25.1 Å². The van der Waals surface area contributed by atoms with Crippen LogP contribution in [0, 0.1) is 10.1 Å². The number of nitrogens with zero attached hydrogens (tertiary/aromatic N) is 2. The molecule has 0 spiro atoms. The first kappa shape index (κ1) is 16.0. The predicted molar refractivity (Wildman–Crippen MR) is 82.5 cm³/mol. The summed E-state index contributed by atoms with van der Waals surface area (Å²) in [5.41, 5.74) is 3.07. The molecule has 3 N–H and O–H groups in total. The van der Waals surface area contributed by atoms with Crippen molar-refractivity contribution < 1.29 is 19.9 Å². The number of carbonyl (C=O) groups is 1. The molecule has 0 bridgehead atoms. The lowest BCUT2D eigenvalue weighted by molar-refractivity contribution is -0.384. The molecule has 118 valence electrons. The molecule has 0 unspecified atom stereocenters. The fourth-order valence-electron chi connectivity index (χ4n) is 1.82. The van der Waals surface area contributed by atoms with Gasteiger partial charge in [0.2, 0.25) is 0 Å². The molecule has 2 rings (SSSR count). The molecule has 2 aromatic rings. The summed E-state index contributed by atoms with van der Waals surface area (Å²) in [6, 6.07) is 9.07. The molecule has 8 nitrogen and oxygen atoms in total. The number of rotatable bonds is 4. The molecule has 0 saturated heterocycles. The first-order valence-electron chi connectivity index (χ1n) is 6.50. The van der Waals surface area contributed by atoms with Crippen molar-refractivity contribution in [2.24, 2.45) is 5.10 Å². The standard InChI is InChI=1S/C15H13N3O5/c1-9(13-7-6-12(19)8-14(13)20)16-17-15(21)10-2-4-11(5-3-10)18(22)23/h2-8,19-20H,1H3,(H,17,21)/b16-9+. The van der Waals surface area contributed by atoms with Crippen LogP contribution in [0.3, 0.4) is 0 Å². The van der Waals surface area contributed by atoms with Crippen molar-refractivity contribution in [1.29, 1.82) is 0 Å². The molecular formula is C15H13N3O5. The summed E-state index contributed by atoms with van der Waals surface area (Å²) < 4.78 is 0. The van der Waals surface area contributed by atoms with Gasteiger partial charge in [-0.2, -0.15) is 5.10 Å². The van der Waals surface area contributed by atoms with Gasteiger partial charge in [-0.15, -0.1) is 0 Å². The number of phenolic OH excluding ortho intramolecular Hbond substituents is 2. The van der Waals surface area contributed by atoms with Crippen LogP contribution in [0.1, 0.15) is 22.8 Å². The van der Waals surface area contributed by atoms with Gasteiger partial charge < -0.3 is 10.2 Å². The number of nitro benzene ring substituents is 1. The summed E-state index contributed by atoms with van der Waals surface area (Å²) in [7, 11) is 0. The number of hydrogen-bond donors (Lipinski definition) is 3. The molecule has 0 aliphatic carbocycles. The Morgan fingerprint density at radius 2 is 1.83 bits per heavy atom. The third-order valence-electron chi connectivity index (χ3n) is 3.04. The van der Waals surface area contributed by atoms with E-state index in [-0.39, 0.29) is 22.7 Å². The van der Waals surface area contributed by atoms with E-state index < -0.39 is 10.8 Å². The van der Waals surface area contributed by atoms with Crippen LogP contribution in [-0.2, 0) is 0 Å². The molecule has 0 aliphatic heterocycles. The Morgan fingerprint density at radius 3 is 2.39 bits per heavy atom. The average molecular weight is 315 g/mol. The van der Waals surface area contributed by atoms with Crippen molar-refractivity contribution in [1.82, 2.24) is 5.43 Å².